The monoisotopic (exact) mass is 783 g/mol. The average molecular weight is 784 g/mol. The second-order valence-electron chi connectivity index (χ2n) is 14.3. The van der Waals surface area contributed by atoms with Gasteiger partial charge in [-0.15, -0.1) is 10.2 Å². The van der Waals surface area contributed by atoms with Crippen LogP contribution in [0.5, 0.6) is 5.75 Å². The summed E-state index contributed by atoms with van der Waals surface area (Å²) in [5.74, 6) is -3.93. The second-order valence-corrected chi connectivity index (χ2v) is 14.3. The van der Waals surface area contributed by atoms with Crippen LogP contribution in [-0.2, 0) is 16.1 Å². The summed E-state index contributed by atoms with van der Waals surface area (Å²) in [6.45, 7) is 2.38. The Bertz CT molecular complexity index is 2230. The molecule has 57 heavy (non-hydrogen) atoms. The number of imide groups is 1. The maximum absolute atomic E-state index is 15.8. The van der Waals surface area contributed by atoms with Crippen LogP contribution in [0.1, 0.15) is 47.8 Å². The SMILES string of the molecule is CCNC(=O)c1nnc(Nc2ccc(CN3CCC4(CN(c5ccc(NC6CCC(=O)NC6=O)cc5F)C4)C(F)(F)C3)cn2)cc1Nc1cccc(C#N)c1OC. The summed E-state index contributed by atoms with van der Waals surface area (Å²) in [4.78, 5) is 44.1. The van der Waals surface area contributed by atoms with Crippen molar-refractivity contribution in [1.82, 2.24) is 30.7 Å². The zero-order valence-electron chi connectivity index (χ0n) is 31.2. The fourth-order valence-corrected chi connectivity index (χ4v) is 7.38. The van der Waals surface area contributed by atoms with E-state index in [2.05, 4.69) is 47.8 Å². The van der Waals surface area contributed by atoms with Crippen LogP contribution in [0.25, 0.3) is 0 Å². The Balaban J connectivity index is 0.956. The summed E-state index contributed by atoms with van der Waals surface area (Å²) in [6, 6.07) is 15.8. The second kappa shape index (κ2) is 15.9. The van der Waals surface area contributed by atoms with E-state index in [4.69, 9.17) is 4.74 Å². The lowest BCUT2D eigenvalue weighted by atomic mass is 9.69. The van der Waals surface area contributed by atoms with Crippen LogP contribution in [0.15, 0.2) is 60.8 Å². The first-order valence-corrected chi connectivity index (χ1v) is 18.4. The molecule has 1 atom stereocenters. The van der Waals surface area contributed by atoms with E-state index in [0.29, 0.717) is 53.7 Å². The van der Waals surface area contributed by atoms with Gasteiger partial charge in [-0.3, -0.25) is 24.6 Å². The molecular weight excluding hydrogens is 743 g/mol. The predicted octanol–water partition coefficient (Wildman–Crippen LogP) is 4.69. The summed E-state index contributed by atoms with van der Waals surface area (Å²) in [7, 11) is 1.44. The molecule has 5 heterocycles. The van der Waals surface area contributed by atoms with Crippen LogP contribution >= 0.6 is 0 Å². The van der Waals surface area contributed by atoms with Gasteiger partial charge in [-0.1, -0.05) is 12.1 Å². The Morgan fingerprint density at radius 1 is 1.05 bits per heavy atom. The third-order valence-electron chi connectivity index (χ3n) is 10.4. The van der Waals surface area contributed by atoms with Crippen molar-refractivity contribution >= 4 is 52.1 Å². The highest BCUT2D eigenvalue weighted by Crippen LogP contribution is 2.51. The van der Waals surface area contributed by atoms with Crippen LogP contribution in [0.4, 0.5) is 47.6 Å². The van der Waals surface area contributed by atoms with E-state index >= 15 is 13.2 Å². The molecule has 2 aromatic heterocycles. The lowest BCUT2D eigenvalue weighted by Crippen LogP contribution is -2.70. The van der Waals surface area contributed by atoms with Crippen molar-refractivity contribution in [2.24, 2.45) is 5.41 Å². The lowest BCUT2D eigenvalue weighted by Gasteiger charge is -2.58. The molecule has 1 unspecified atom stereocenters. The normalized spacial score (nSPS) is 18.5. The van der Waals surface area contributed by atoms with E-state index in [-0.39, 0.29) is 55.6 Å². The van der Waals surface area contributed by atoms with Crippen molar-refractivity contribution in [2.75, 3.05) is 60.7 Å². The average Bonchev–Trinajstić information content (AvgIpc) is 3.16. The van der Waals surface area contributed by atoms with Gasteiger partial charge in [0.2, 0.25) is 11.8 Å². The summed E-state index contributed by atoms with van der Waals surface area (Å²) in [6.07, 6.45) is 2.29. The molecule has 4 aromatic rings. The van der Waals surface area contributed by atoms with Gasteiger partial charge in [-0.25, -0.2) is 18.2 Å². The Morgan fingerprint density at radius 2 is 1.88 bits per heavy atom. The fraction of sp³-hybridized carbons (Fsp3) is 0.359. The minimum absolute atomic E-state index is 0.0107. The zero-order chi connectivity index (χ0) is 40.3. The van der Waals surface area contributed by atoms with Crippen LogP contribution in [0, 0.1) is 22.6 Å². The Labute approximate surface area is 326 Å². The molecule has 2 aromatic carbocycles. The molecular formula is C39H40F3N11O4. The van der Waals surface area contributed by atoms with E-state index < -0.39 is 41.6 Å². The standard InChI is InChI=1S/C39H40F3N11O4/c1-3-44-37(56)34-29(47-27-6-4-5-24(17-43)35(27)57-2)16-32(50-51-34)48-31-11-7-23(18-45-31)19-52-14-13-38(39(41,42)22-52)20-53(21-38)30-10-8-25(15-26(30)40)46-28-9-12-33(54)49-36(28)55/h4-8,10-11,15-16,18,28,46H,3,9,12-14,19-22H2,1-2H3,(H,44,56)(H,49,54,55)(H2,45,47,48,50). The zero-order valence-corrected chi connectivity index (χ0v) is 31.2. The largest absolute Gasteiger partial charge is 0.493 e. The number of nitriles is 1. The summed E-state index contributed by atoms with van der Waals surface area (Å²) in [5.41, 5.74) is 1.08. The number of halogens is 3. The molecule has 296 valence electrons. The summed E-state index contributed by atoms with van der Waals surface area (Å²) in [5, 5.41) is 31.9. The number of nitrogens with zero attached hydrogens (tertiary/aromatic N) is 6. The topological polar surface area (TPSA) is 190 Å². The van der Waals surface area contributed by atoms with Gasteiger partial charge in [0, 0.05) is 50.6 Å². The number of carbonyl (C=O) groups is 3. The molecule has 0 bridgehead atoms. The molecule has 7 rings (SSSR count). The van der Waals surface area contributed by atoms with Gasteiger partial charge in [0.25, 0.3) is 11.8 Å². The third kappa shape index (κ3) is 8.10. The van der Waals surface area contributed by atoms with E-state index in [0.717, 1.165) is 5.56 Å². The Morgan fingerprint density at radius 3 is 2.56 bits per heavy atom. The number of hydrogen-bond acceptors (Lipinski definition) is 13. The molecule has 0 aliphatic carbocycles. The first kappa shape index (κ1) is 38.8. The number of piperidine rings is 2. The van der Waals surface area contributed by atoms with Gasteiger partial charge in [0.05, 0.1) is 41.7 Å². The van der Waals surface area contributed by atoms with Crippen molar-refractivity contribution in [3.05, 3.63) is 83.4 Å². The number of amides is 3. The Kier molecular flexibility index (Phi) is 10.8. The number of alkyl halides is 2. The van der Waals surface area contributed by atoms with Crippen molar-refractivity contribution in [1.29, 1.82) is 5.26 Å². The molecule has 3 aliphatic heterocycles. The number of methoxy groups -OCH3 is 1. The number of anilines is 6. The van der Waals surface area contributed by atoms with Crippen LogP contribution in [0.2, 0.25) is 0 Å². The first-order chi connectivity index (χ1) is 27.4. The van der Waals surface area contributed by atoms with E-state index in [1.165, 1.54) is 19.2 Å². The van der Waals surface area contributed by atoms with Gasteiger partial charge in [0.15, 0.2) is 17.3 Å². The van der Waals surface area contributed by atoms with Gasteiger partial charge >= 0.3 is 0 Å². The van der Waals surface area contributed by atoms with Crippen LogP contribution in [-0.4, -0.2) is 89.6 Å². The van der Waals surface area contributed by atoms with Crippen molar-refractivity contribution in [2.45, 2.75) is 44.7 Å². The molecule has 15 nitrogen and oxygen atoms in total. The molecule has 3 aliphatic rings. The van der Waals surface area contributed by atoms with Crippen LogP contribution in [0.3, 0.4) is 0 Å². The number of ether oxygens (including phenoxy) is 1. The number of para-hydroxylation sites is 1. The smallest absolute Gasteiger partial charge is 0.273 e. The molecule has 0 radical (unpaired) electrons. The van der Waals surface area contributed by atoms with Gasteiger partial charge in [-0.2, -0.15) is 5.26 Å². The van der Waals surface area contributed by atoms with Gasteiger partial charge in [-0.05, 0) is 68.3 Å². The number of hydrogen-bond donors (Lipinski definition) is 5. The lowest BCUT2D eigenvalue weighted by molar-refractivity contribution is -0.181. The van der Waals surface area contributed by atoms with Gasteiger partial charge in [0.1, 0.15) is 23.7 Å². The molecule has 3 amide bonds. The fourth-order valence-electron chi connectivity index (χ4n) is 7.38. The number of pyridine rings is 1. The number of nitrogens with one attached hydrogen (secondary N) is 5. The molecule has 18 heteroatoms. The minimum Gasteiger partial charge on any atom is -0.493 e. The number of benzene rings is 2. The summed E-state index contributed by atoms with van der Waals surface area (Å²) < 4.78 is 52.2. The van der Waals surface area contributed by atoms with Crippen molar-refractivity contribution < 1.29 is 32.3 Å². The highest BCUT2D eigenvalue weighted by atomic mass is 19.3. The first-order valence-electron chi connectivity index (χ1n) is 18.4. The maximum Gasteiger partial charge on any atom is 0.273 e. The van der Waals surface area contributed by atoms with E-state index in [9.17, 15) is 19.6 Å². The highest BCUT2D eigenvalue weighted by molar-refractivity contribution is 6.01. The minimum atomic E-state index is -3.02. The maximum atomic E-state index is 15.8. The van der Waals surface area contributed by atoms with Crippen LogP contribution < -0.4 is 36.2 Å². The van der Waals surface area contributed by atoms with Crippen molar-refractivity contribution in [3.8, 4) is 11.8 Å². The molecule has 5 N–H and O–H groups in total. The molecule has 3 fully saturated rings. The molecule has 0 saturated carbocycles. The predicted molar refractivity (Wildman–Crippen MR) is 204 cm³/mol. The number of carbonyl (C=O) groups excluding carboxylic acids is 3. The molecule has 3 saturated heterocycles. The quantitative estimate of drug-likeness (QED) is 0.125. The van der Waals surface area contributed by atoms with Gasteiger partial charge < -0.3 is 30.9 Å². The highest BCUT2D eigenvalue weighted by Gasteiger charge is 2.62. The number of rotatable bonds is 12. The third-order valence-corrected chi connectivity index (χ3v) is 10.4. The summed E-state index contributed by atoms with van der Waals surface area (Å²) >= 11 is 0. The number of likely N-dealkylation sites (tertiary alicyclic amines) is 1. The Hall–Kier alpha value is -6.48. The van der Waals surface area contributed by atoms with E-state index in [1.807, 2.05) is 0 Å². The number of aromatic nitrogens is 3. The van der Waals surface area contributed by atoms with Crippen molar-refractivity contribution in [3.63, 3.8) is 0 Å². The molecule has 1 spiro atoms. The van der Waals surface area contributed by atoms with E-state index in [1.54, 1.807) is 65.4 Å².